The number of nitrogens with zero attached hydrogens (tertiary/aromatic N) is 1. The number of hydrogen-bond donors (Lipinski definition) is 1. The number of amides is 2. The first-order chi connectivity index (χ1) is 14.2. The van der Waals surface area contributed by atoms with E-state index in [0.29, 0.717) is 25.4 Å². The molecule has 1 aliphatic heterocycles. The average Bonchev–Trinajstić information content (AvgIpc) is 2.77. The lowest BCUT2D eigenvalue weighted by molar-refractivity contribution is -0.136. The minimum absolute atomic E-state index is 0.0395. The summed E-state index contributed by atoms with van der Waals surface area (Å²) in [6.45, 7) is 3.76. The van der Waals surface area contributed by atoms with Gasteiger partial charge in [0.15, 0.2) is 6.61 Å². The maximum atomic E-state index is 12.6. The lowest BCUT2D eigenvalue weighted by Crippen LogP contribution is -2.45. The first-order valence-electron chi connectivity index (χ1n) is 10.1. The summed E-state index contributed by atoms with van der Waals surface area (Å²) < 4.78 is 11.2. The van der Waals surface area contributed by atoms with E-state index < -0.39 is 0 Å². The highest BCUT2D eigenvalue weighted by Crippen LogP contribution is 2.20. The zero-order valence-electron chi connectivity index (χ0n) is 16.8. The van der Waals surface area contributed by atoms with Gasteiger partial charge in [-0.1, -0.05) is 25.1 Å². The Morgan fingerprint density at radius 1 is 1.03 bits per heavy atom. The molecule has 0 aliphatic carbocycles. The Hall–Kier alpha value is -3.02. The van der Waals surface area contributed by atoms with Crippen molar-refractivity contribution in [3.8, 4) is 11.5 Å². The van der Waals surface area contributed by atoms with Crippen LogP contribution in [0.5, 0.6) is 11.5 Å². The summed E-state index contributed by atoms with van der Waals surface area (Å²) in [5.74, 6) is 1.06. The highest BCUT2D eigenvalue weighted by Gasteiger charge is 2.28. The van der Waals surface area contributed by atoms with Crippen LogP contribution in [-0.4, -0.2) is 43.0 Å². The van der Waals surface area contributed by atoms with Crippen LogP contribution in [0.15, 0.2) is 54.6 Å². The molecule has 2 aromatic rings. The Kier molecular flexibility index (Phi) is 7.50. The Morgan fingerprint density at radius 2 is 1.72 bits per heavy atom. The molecule has 29 heavy (non-hydrogen) atoms. The summed E-state index contributed by atoms with van der Waals surface area (Å²) in [5.41, 5.74) is 0.774. The highest BCUT2D eigenvalue weighted by atomic mass is 16.5. The number of carbonyl (C=O) groups excluding carboxylic acids is 2. The van der Waals surface area contributed by atoms with Gasteiger partial charge in [0.25, 0.3) is 5.91 Å². The third-order valence-corrected chi connectivity index (χ3v) is 4.85. The molecule has 0 bridgehead atoms. The molecule has 0 radical (unpaired) electrons. The van der Waals surface area contributed by atoms with Gasteiger partial charge < -0.3 is 19.7 Å². The topological polar surface area (TPSA) is 67.9 Å². The van der Waals surface area contributed by atoms with Crippen LogP contribution in [0.3, 0.4) is 0 Å². The van der Waals surface area contributed by atoms with Crippen molar-refractivity contribution in [3.05, 3.63) is 54.6 Å². The number of rotatable bonds is 8. The zero-order chi connectivity index (χ0) is 20.5. The molecule has 1 N–H and O–H groups in total. The van der Waals surface area contributed by atoms with Crippen LogP contribution >= 0.6 is 0 Å². The summed E-state index contributed by atoms with van der Waals surface area (Å²) >= 11 is 0. The van der Waals surface area contributed by atoms with Crippen molar-refractivity contribution < 1.29 is 19.1 Å². The van der Waals surface area contributed by atoms with E-state index in [0.717, 1.165) is 30.7 Å². The number of carbonyl (C=O) groups is 2. The molecular formula is C23H28N2O4. The highest BCUT2D eigenvalue weighted by molar-refractivity contribution is 5.93. The third kappa shape index (κ3) is 6.24. The molecule has 1 aliphatic rings. The van der Waals surface area contributed by atoms with Crippen LogP contribution in [0.2, 0.25) is 0 Å². The summed E-state index contributed by atoms with van der Waals surface area (Å²) in [6, 6.07) is 16.6. The smallest absolute Gasteiger partial charge is 0.260 e. The van der Waals surface area contributed by atoms with Crippen molar-refractivity contribution in [1.82, 2.24) is 4.90 Å². The predicted molar refractivity (Wildman–Crippen MR) is 112 cm³/mol. The van der Waals surface area contributed by atoms with Gasteiger partial charge in [0.05, 0.1) is 12.5 Å². The molecule has 6 nitrogen and oxygen atoms in total. The van der Waals surface area contributed by atoms with Crippen LogP contribution in [0.25, 0.3) is 0 Å². The summed E-state index contributed by atoms with van der Waals surface area (Å²) in [5, 5.41) is 2.93. The Morgan fingerprint density at radius 3 is 2.41 bits per heavy atom. The SMILES string of the molecule is CCCOc1ccc(OCC(=O)N2CCCC(C(=O)Nc3ccccc3)C2)cc1. The normalized spacial score (nSPS) is 16.2. The van der Waals surface area contributed by atoms with E-state index in [1.165, 1.54) is 0 Å². The van der Waals surface area contributed by atoms with Crippen molar-refractivity contribution >= 4 is 17.5 Å². The van der Waals surface area contributed by atoms with Gasteiger partial charge in [-0.15, -0.1) is 0 Å². The number of hydrogen-bond acceptors (Lipinski definition) is 4. The molecule has 0 saturated carbocycles. The third-order valence-electron chi connectivity index (χ3n) is 4.85. The van der Waals surface area contributed by atoms with Crippen LogP contribution in [0, 0.1) is 5.92 Å². The molecule has 0 aromatic heterocycles. The van der Waals surface area contributed by atoms with E-state index in [2.05, 4.69) is 12.2 Å². The fourth-order valence-corrected chi connectivity index (χ4v) is 3.27. The second-order valence-corrected chi connectivity index (χ2v) is 7.14. The van der Waals surface area contributed by atoms with Crippen molar-refractivity contribution in [2.24, 2.45) is 5.92 Å². The van der Waals surface area contributed by atoms with Gasteiger partial charge in [0.2, 0.25) is 5.91 Å². The van der Waals surface area contributed by atoms with E-state index in [-0.39, 0.29) is 24.3 Å². The van der Waals surface area contributed by atoms with Gasteiger partial charge in [-0.2, -0.15) is 0 Å². The van der Waals surface area contributed by atoms with Crippen LogP contribution < -0.4 is 14.8 Å². The molecule has 1 saturated heterocycles. The van der Waals surface area contributed by atoms with Crippen molar-refractivity contribution in [1.29, 1.82) is 0 Å². The number of para-hydroxylation sites is 1. The molecule has 1 fully saturated rings. The Bertz CT molecular complexity index is 792. The summed E-state index contributed by atoms with van der Waals surface area (Å²) in [4.78, 5) is 26.8. The molecule has 2 aromatic carbocycles. The van der Waals surface area contributed by atoms with E-state index in [1.54, 1.807) is 17.0 Å². The average molecular weight is 396 g/mol. The minimum atomic E-state index is -0.206. The minimum Gasteiger partial charge on any atom is -0.494 e. The van der Waals surface area contributed by atoms with Crippen molar-refractivity contribution in [2.75, 3.05) is 31.6 Å². The zero-order valence-corrected chi connectivity index (χ0v) is 16.8. The van der Waals surface area contributed by atoms with E-state index in [4.69, 9.17) is 9.47 Å². The predicted octanol–water partition coefficient (Wildman–Crippen LogP) is 3.73. The lowest BCUT2D eigenvalue weighted by atomic mass is 9.97. The summed E-state index contributed by atoms with van der Waals surface area (Å²) in [7, 11) is 0. The lowest BCUT2D eigenvalue weighted by Gasteiger charge is -2.32. The number of piperidine rings is 1. The largest absolute Gasteiger partial charge is 0.494 e. The van der Waals surface area contributed by atoms with Gasteiger partial charge in [0, 0.05) is 18.8 Å². The van der Waals surface area contributed by atoms with Gasteiger partial charge in [-0.25, -0.2) is 0 Å². The fraction of sp³-hybridized carbons (Fsp3) is 0.391. The molecule has 0 spiro atoms. The Balaban J connectivity index is 1.47. The molecule has 1 atom stereocenters. The van der Waals surface area contributed by atoms with Crippen LogP contribution in [0.4, 0.5) is 5.69 Å². The second kappa shape index (κ2) is 10.5. The molecule has 154 valence electrons. The monoisotopic (exact) mass is 396 g/mol. The maximum absolute atomic E-state index is 12.6. The van der Waals surface area contributed by atoms with Crippen LogP contribution in [0.1, 0.15) is 26.2 Å². The number of anilines is 1. The van der Waals surface area contributed by atoms with Crippen molar-refractivity contribution in [2.45, 2.75) is 26.2 Å². The van der Waals surface area contributed by atoms with Gasteiger partial charge in [-0.3, -0.25) is 9.59 Å². The molecule has 1 unspecified atom stereocenters. The van der Waals surface area contributed by atoms with Gasteiger partial charge >= 0.3 is 0 Å². The van der Waals surface area contributed by atoms with Gasteiger partial charge in [-0.05, 0) is 55.7 Å². The summed E-state index contributed by atoms with van der Waals surface area (Å²) in [6.07, 6.45) is 2.54. The standard InChI is InChI=1S/C23H28N2O4/c1-2-15-28-20-10-12-21(13-11-20)29-17-22(26)25-14-6-7-18(16-25)23(27)24-19-8-4-3-5-9-19/h3-5,8-13,18H,2,6-7,14-17H2,1H3,(H,24,27). The first kappa shape index (κ1) is 20.7. The van der Waals surface area contributed by atoms with Gasteiger partial charge in [0.1, 0.15) is 11.5 Å². The molecular weight excluding hydrogens is 368 g/mol. The van der Waals surface area contributed by atoms with E-state index in [1.807, 2.05) is 42.5 Å². The Labute approximate surface area is 171 Å². The molecule has 3 rings (SSSR count). The molecule has 6 heteroatoms. The molecule has 2 amide bonds. The second-order valence-electron chi connectivity index (χ2n) is 7.14. The fourth-order valence-electron chi connectivity index (χ4n) is 3.27. The number of likely N-dealkylation sites (tertiary alicyclic amines) is 1. The maximum Gasteiger partial charge on any atom is 0.260 e. The molecule has 1 heterocycles. The first-order valence-corrected chi connectivity index (χ1v) is 10.1. The van der Waals surface area contributed by atoms with E-state index >= 15 is 0 Å². The number of nitrogens with one attached hydrogen (secondary N) is 1. The van der Waals surface area contributed by atoms with E-state index in [9.17, 15) is 9.59 Å². The number of ether oxygens (including phenoxy) is 2. The van der Waals surface area contributed by atoms with Crippen LogP contribution in [-0.2, 0) is 9.59 Å². The number of benzene rings is 2. The quantitative estimate of drug-likeness (QED) is 0.738. The van der Waals surface area contributed by atoms with Crippen molar-refractivity contribution in [3.63, 3.8) is 0 Å².